The normalized spacial score (nSPS) is 12.4. The van der Waals surface area contributed by atoms with E-state index in [1.807, 2.05) is 20.8 Å². The van der Waals surface area contributed by atoms with Gasteiger partial charge in [0.25, 0.3) is 0 Å². The van der Waals surface area contributed by atoms with Crippen LogP contribution in [0, 0.1) is 19.8 Å². The number of hydrogen-bond donors (Lipinski definition) is 1. The van der Waals surface area contributed by atoms with E-state index in [1.165, 1.54) is 30.1 Å². The molecule has 1 amide bonds. The monoisotopic (exact) mass is 381 g/mol. The van der Waals surface area contributed by atoms with Crippen LogP contribution < -0.4 is 5.32 Å². The molecule has 0 unspecified atom stereocenters. The Morgan fingerprint density at radius 1 is 1.32 bits per heavy atom. The first-order valence-electron chi connectivity index (χ1n) is 8.04. The van der Waals surface area contributed by atoms with Crippen molar-refractivity contribution < 1.29 is 14.3 Å². The number of rotatable bonds is 7. The lowest BCUT2D eigenvalue weighted by Gasteiger charge is -2.18. The lowest BCUT2D eigenvalue weighted by atomic mass is 10.0. The Balaban J connectivity index is 2.05. The van der Waals surface area contributed by atoms with E-state index in [-0.39, 0.29) is 17.6 Å². The van der Waals surface area contributed by atoms with E-state index < -0.39 is 12.0 Å². The Labute approximate surface area is 155 Å². The number of methoxy groups -OCH3 is 1. The summed E-state index contributed by atoms with van der Waals surface area (Å²) in [4.78, 5) is 34.8. The number of aryl methyl sites for hydroxylation is 2. The lowest BCUT2D eigenvalue weighted by molar-refractivity contribution is -0.145. The average Bonchev–Trinajstić information content (AvgIpc) is 2.86. The minimum Gasteiger partial charge on any atom is -0.467 e. The van der Waals surface area contributed by atoms with Crippen LogP contribution in [0.2, 0.25) is 0 Å². The number of esters is 1. The number of thiophene rings is 1. The third-order valence-electron chi connectivity index (χ3n) is 3.80. The van der Waals surface area contributed by atoms with Crippen LogP contribution >= 0.6 is 23.1 Å². The summed E-state index contributed by atoms with van der Waals surface area (Å²) >= 11 is 2.98. The number of nitrogens with zero attached hydrogens (tertiary/aromatic N) is 2. The maximum Gasteiger partial charge on any atom is 0.328 e. The van der Waals surface area contributed by atoms with Crippen molar-refractivity contribution in [3.8, 4) is 0 Å². The molecule has 0 aliphatic heterocycles. The van der Waals surface area contributed by atoms with Crippen LogP contribution in [0.4, 0.5) is 0 Å². The first-order chi connectivity index (χ1) is 11.8. The second-order valence-electron chi connectivity index (χ2n) is 6.20. The Hall–Kier alpha value is -1.67. The molecule has 0 fully saturated rings. The van der Waals surface area contributed by atoms with E-state index in [1.54, 1.807) is 11.3 Å². The van der Waals surface area contributed by atoms with Crippen LogP contribution in [0.15, 0.2) is 11.4 Å². The number of hydrogen-bond acceptors (Lipinski definition) is 7. The molecule has 0 spiro atoms. The fourth-order valence-electron chi connectivity index (χ4n) is 2.46. The van der Waals surface area contributed by atoms with Crippen molar-refractivity contribution in [2.75, 3.05) is 12.9 Å². The maximum atomic E-state index is 12.3. The van der Waals surface area contributed by atoms with E-state index >= 15 is 0 Å². The van der Waals surface area contributed by atoms with Crippen molar-refractivity contribution in [3.63, 3.8) is 0 Å². The van der Waals surface area contributed by atoms with E-state index in [0.717, 1.165) is 20.8 Å². The van der Waals surface area contributed by atoms with Gasteiger partial charge in [0.1, 0.15) is 22.2 Å². The van der Waals surface area contributed by atoms with Gasteiger partial charge in [0.2, 0.25) is 5.91 Å². The molecule has 2 aromatic rings. The summed E-state index contributed by atoms with van der Waals surface area (Å²) in [6.45, 7) is 8.08. The molecule has 25 heavy (non-hydrogen) atoms. The molecule has 2 aromatic heterocycles. The quantitative estimate of drug-likeness (QED) is 0.451. The van der Waals surface area contributed by atoms with Crippen LogP contribution in [0.1, 0.15) is 30.7 Å². The molecule has 0 aliphatic carbocycles. The molecular formula is C17H23N3O3S2. The minimum atomic E-state index is -0.617. The molecule has 136 valence electrons. The van der Waals surface area contributed by atoms with Crippen molar-refractivity contribution in [1.29, 1.82) is 0 Å². The fraction of sp³-hybridized carbons (Fsp3) is 0.529. The summed E-state index contributed by atoms with van der Waals surface area (Å²) in [7, 11) is 1.33. The van der Waals surface area contributed by atoms with Gasteiger partial charge < -0.3 is 10.1 Å². The lowest BCUT2D eigenvalue weighted by Crippen LogP contribution is -2.43. The minimum absolute atomic E-state index is 0.187. The smallest absolute Gasteiger partial charge is 0.328 e. The molecule has 0 radical (unpaired) electrons. The number of ether oxygens (including phenoxy) is 1. The fourth-order valence-corrected chi connectivity index (χ4v) is 4.39. The van der Waals surface area contributed by atoms with Crippen molar-refractivity contribution in [1.82, 2.24) is 15.3 Å². The van der Waals surface area contributed by atoms with Crippen LogP contribution in [0.3, 0.4) is 0 Å². The number of thioether (sulfide) groups is 1. The molecule has 0 saturated heterocycles. The molecule has 0 bridgehead atoms. The van der Waals surface area contributed by atoms with E-state index in [4.69, 9.17) is 4.74 Å². The van der Waals surface area contributed by atoms with Crippen LogP contribution in [0.5, 0.6) is 0 Å². The summed E-state index contributed by atoms with van der Waals surface area (Å²) in [6.07, 6.45) is 2.07. The zero-order valence-corrected chi connectivity index (χ0v) is 16.7. The molecule has 0 saturated carbocycles. The van der Waals surface area contributed by atoms with Gasteiger partial charge in [-0.15, -0.1) is 11.3 Å². The molecular weight excluding hydrogens is 358 g/mol. The molecule has 1 atom stereocenters. The topological polar surface area (TPSA) is 81.2 Å². The van der Waals surface area contributed by atoms with Crippen LogP contribution in [-0.2, 0) is 14.3 Å². The highest BCUT2D eigenvalue weighted by molar-refractivity contribution is 8.00. The van der Waals surface area contributed by atoms with Gasteiger partial charge in [-0.05, 0) is 31.7 Å². The summed E-state index contributed by atoms with van der Waals surface area (Å²) in [6, 6.07) is -0.617. The maximum absolute atomic E-state index is 12.3. The van der Waals surface area contributed by atoms with E-state index in [9.17, 15) is 9.59 Å². The van der Waals surface area contributed by atoms with Crippen LogP contribution in [-0.4, -0.2) is 40.7 Å². The van der Waals surface area contributed by atoms with Gasteiger partial charge in [-0.25, -0.2) is 14.8 Å². The van der Waals surface area contributed by atoms with E-state index in [0.29, 0.717) is 6.42 Å². The van der Waals surface area contributed by atoms with Crippen molar-refractivity contribution in [2.24, 2.45) is 5.92 Å². The first-order valence-corrected chi connectivity index (χ1v) is 9.84. The summed E-state index contributed by atoms with van der Waals surface area (Å²) < 4.78 is 4.77. The standard InChI is InChI=1S/C17H23N3O3S2/c1-9(2)6-12(17(22)23-5)20-13(21)7-24-15-14-10(3)11(4)25-16(14)19-8-18-15/h8-9,12H,6-7H2,1-5H3,(H,20,21)/t12-/m0/s1. The molecule has 6 nitrogen and oxygen atoms in total. The second-order valence-corrected chi connectivity index (χ2v) is 8.37. The zero-order chi connectivity index (χ0) is 18.6. The third-order valence-corrected chi connectivity index (χ3v) is 5.90. The van der Waals surface area contributed by atoms with Gasteiger partial charge in [0, 0.05) is 10.3 Å². The number of aromatic nitrogens is 2. The molecule has 2 heterocycles. The number of carbonyl (C=O) groups is 2. The zero-order valence-electron chi connectivity index (χ0n) is 15.1. The Morgan fingerprint density at radius 2 is 2.04 bits per heavy atom. The highest BCUT2D eigenvalue weighted by Gasteiger charge is 2.23. The molecule has 1 N–H and O–H groups in total. The Morgan fingerprint density at radius 3 is 2.68 bits per heavy atom. The highest BCUT2D eigenvalue weighted by atomic mass is 32.2. The van der Waals surface area contributed by atoms with Crippen molar-refractivity contribution in [3.05, 3.63) is 16.8 Å². The SMILES string of the molecule is COC(=O)[C@H](CC(C)C)NC(=O)CSc1ncnc2sc(C)c(C)c12. The highest BCUT2D eigenvalue weighted by Crippen LogP contribution is 2.34. The van der Waals surface area contributed by atoms with Gasteiger partial charge in [0.15, 0.2) is 0 Å². The summed E-state index contributed by atoms with van der Waals surface area (Å²) in [5, 5.41) is 4.56. The third kappa shape index (κ3) is 4.92. The van der Waals surface area contributed by atoms with E-state index in [2.05, 4.69) is 22.2 Å². The number of nitrogens with one attached hydrogen (secondary N) is 1. The Bertz CT molecular complexity index is 774. The van der Waals surface area contributed by atoms with Crippen LogP contribution in [0.25, 0.3) is 10.2 Å². The van der Waals surface area contributed by atoms with Gasteiger partial charge in [-0.3, -0.25) is 4.79 Å². The molecule has 0 aliphatic rings. The number of fused-ring (bicyclic) bond motifs is 1. The van der Waals surface area contributed by atoms with Crippen molar-refractivity contribution in [2.45, 2.75) is 45.2 Å². The van der Waals surface area contributed by atoms with Gasteiger partial charge in [-0.2, -0.15) is 0 Å². The largest absolute Gasteiger partial charge is 0.467 e. The number of amides is 1. The summed E-state index contributed by atoms with van der Waals surface area (Å²) in [5.74, 6) is -0.167. The Kier molecular flexibility index (Phi) is 6.78. The van der Waals surface area contributed by atoms with Crippen molar-refractivity contribution >= 4 is 45.2 Å². The molecule has 8 heteroatoms. The average molecular weight is 382 g/mol. The van der Waals surface area contributed by atoms with Gasteiger partial charge in [-0.1, -0.05) is 25.6 Å². The van der Waals surface area contributed by atoms with Gasteiger partial charge in [0.05, 0.1) is 12.9 Å². The summed E-state index contributed by atoms with van der Waals surface area (Å²) in [5.41, 5.74) is 1.15. The predicted octanol–water partition coefficient (Wildman–Crippen LogP) is 3.10. The first kappa shape index (κ1) is 19.7. The van der Waals surface area contributed by atoms with Gasteiger partial charge >= 0.3 is 5.97 Å². The predicted molar refractivity (Wildman–Crippen MR) is 101 cm³/mol. The second kappa shape index (κ2) is 8.62. The molecule has 0 aromatic carbocycles. The molecule has 2 rings (SSSR count). The number of carbonyl (C=O) groups excluding carboxylic acids is 2.